The van der Waals surface area contributed by atoms with Gasteiger partial charge in [0.1, 0.15) is 0 Å². The van der Waals surface area contributed by atoms with Crippen molar-refractivity contribution in [1.82, 2.24) is 0 Å². The molecule has 0 bridgehead atoms. The van der Waals surface area contributed by atoms with Crippen LogP contribution in [0.15, 0.2) is 18.2 Å². The SMILES string of the molecule is CC(C)c1cccc(C(C)C)c1NC(=O)CC1CCCCC1. The standard InChI is InChI=1S/C20H31NO/c1-14(2)17-11-8-12-18(15(3)4)20(17)21-19(22)13-16-9-6-5-7-10-16/h8,11-12,14-16H,5-7,9-10,13H2,1-4H3,(H,21,22). The smallest absolute Gasteiger partial charge is 0.224 e. The molecule has 2 heteroatoms. The predicted molar refractivity (Wildman–Crippen MR) is 94.4 cm³/mol. The number of hydrogen-bond acceptors (Lipinski definition) is 1. The van der Waals surface area contributed by atoms with Gasteiger partial charge in [-0.25, -0.2) is 0 Å². The summed E-state index contributed by atoms with van der Waals surface area (Å²) in [6, 6.07) is 6.40. The fraction of sp³-hybridized carbons (Fsp3) is 0.650. The maximum atomic E-state index is 12.5. The topological polar surface area (TPSA) is 29.1 Å². The Balaban J connectivity index is 2.14. The molecular formula is C20H31NO. The summed E-state index contributed by atoms with van der Waals surface area (Å²) < 4.78 is 0. The third kappa shape index (κ3) is 4.34. The predicted octanol–water partition coefficient (Wildman–Crippen LogP) is 5.84. The van der Waals surface area contributed by atoms with E-state index in [1.54, 1.807) is 0 Å². The Morgan fingerprint density at radius 3 is 2.09 bits per heavy atom. The fourth-order valence-electron chi connectivity index (χ4n) is 3.54. The van der Waals surface area contributed by atoms with Gasteiger partial charge in [0.05, 0.1) is 0 Å². The molecule has 0 atom stereocenters. The molecule has 1 amide bonds. The highest BCUT2D eigenvalue weighted by Gasteiger charge is 2.20. The summed E-state index contributed by atoms with van der Waals surface area (Å²) in [5.41, 5.74) is 3.57. The molecule has 0 spiro atoms. The molecule has 0 heterocycles. The Morgan fingerprint density at radius 1 is 1.05 bits per heavy atom. The van der Waals surface area contributed by atoms with Gasteiger partial charge in [-0.1, -0.05) is 65.2 Å². The van der Waals surface area contributed by atoms with Crippen LogP contribution in [0.3, 0.4) is 0 Å². The first-order valence-electron chi connectivity index (χ1n) is 8.91. The van der Waals surface area contributed by atoms with Crippen LogP contribution in [0.25, 0.3) is 0 Å². The van der Waals surface area contributed by atoms with Crippen LogP contribution in [0.1, 0.15) is 89.2 Å². The Labute approximate surface area is 135 Å². The monoisotopic (exact) mass is 301 g/mol. The molecule has 0 aromatic heterocycles. The number of carbonyl (C=O) groups is 1. The highest BCUT2D eigenvalue weighted by atomic mass is 16.1. The number of carbonyl (C=O) groups excluding carboxylic acids is 1. The first kappa shape index (κ1) is 17.1. The van der Waals surface area contributed by atoms with E-state index < -0.39 is 0 Å². The van der Waals surface area contributed by atoms with Crippen LogP contribution in [-0.4, -0.2) is 5.91 Å². The van der Waals surface area contributed by atoms with Crippen LogP contribution in [0.4, 0.5) is 5.69 Å². The summed E-state index contributed by atoms with van der Waals surface area (Å²) in [6.45, 7) is 8.76. The first-order valence-corrected chi connectivity index (χ1v) is 8.91. The third-order valence-corrected chi connectivity index (χ3v) is 4.84. The van der Waals surface area contributed by atoms with E-state index in [0.29, 0.717) is 24.2 Å². The number of nitrogens with one attached hydrogen (secondary N) is 1. The van der Waals surface area contributed by atoms with Crippen LogP contribution in [0.5, 0.6) is 0 Å². The molecule has 1 aromatic rings. The molecule has 2 rings (SSSR count). The normalized spacial score (nSPS) is 16.3. The zero-order valence-electron chi connectivity index (χ0n) is 14.6. The second kappa shape index (κ2) is 7.80. The molecule has 1 aliphatic rings. The van der Waals surface area contributed by atoms with Gasteiger partial charge in [0.15, 0.2) is 0 Å². The maximum Gasteiger partial charge on any atom is 0.224 e. The van der Waals surface area contributed by atoms with Gasteiger partial charge in [0.25, 0.3) is 0 Å². The summed E-state index contributed by atoms with van der Waals surface area (Å²) in [5, 5.41) is 3.25. The van der Waals surface area contributed by atoms with Crippen LogP contribution in [0, 0.1) is 5.92 Å². The second-order valence-electron chi connectivity index (χ2n) is 7.38. The number of hydrogen-bond donors (Lipinski definition) is 1. The molecule has 1 N–H and O–H groups in total. The minimum Gasteiger partial charge on any atom is -0.326 e. The Morgan fingerprint density at radius 2 is 1.59 bits per heavy atom. The molecular weight excluding hydrogens is 270 g/mol. The van der Waals surface area contributed by atoms with Crippen molar-refractivity contribution >= 4 is 11.6 Å². The first-order chi connectivity index (χ1) is 10.5. The average Bonchev–Trinajstić information content (AvgIpc) is 2.47. The van der Waals surface area contributed by atoms with E-state index in [9.17, 15) is 4.79 Å². The Hall–Kier alpha value is -1.31. The number of anilines is 1. The van der Waals surface area contributed by atoms with Crippen molar-refractivity contribution in [2.45, 2.75) is 78.1 Å². The summed E-state index contributed by atoms with van der Waals surface area (Å²) in [5.74, 6) is 1.62. The van der Waals surface area contributed by atoms with Crippen molar-refractivity contribution in [2.24, 2.45) is 5.92 Å². The van der Waals surface area contributed by atoms with Gasteiger partial charge >= 0.3 is 0 Å². The van der Waals surface area contributed by atoms with Gasteiger partial charge in [-0.3, -0.25) is 4.79 Å². The Kier molecular flexibility index (Phi) is 6.05. The van der Waals surface area contributed by atoms with Crippen LogP contribution in [-0.2, 0) is 4.79 Å². The van der Waals surface area contributed by atoms with Crippen molar-refractivity contribution < 1.29 is 4.79 Å². The molecule has 0 saturated heterocycles. The van der Waals surface area contributed by atoms with E-state index in [4.69, 9.17) is 0 Å². The lowest BCUT2D eigenvalue weighted by molar-refractivity contribution is -0.117. The fourth-order valence-corrected chi connectivity index (χ4v) is 3.54. The van der Waals surface area contributed by atoms with Crippen molar-refractivity contribution in [2.75, 3.05) is 5.32 Å². The molecule has 2 nitrogen and oxygen atoms in total. The molecule has 1 fully saturated rings. The van der Waals surface area contributed by atoms with Crippen LogP contribution < -0.4 is 5.32 Å². The summed E-state index contributed by atoms with van der Waals surface area (Å²) >= 11 is 0. The van der Waals surface area contributed by atoms with E-state index >= 15 is 0 Å². The van der Waals surface area contributed by atoms with Crippen molar-refractivity contribution in [3.8, 4) is 0 Å². The minimum atomic E-state index is 0.196. The van der Waals surface area contributed by atoms with Gasteiger partial charge in [-0.05, 0) is 41.7 Å². The van der Waals surface area contributed by atoms with Gasteiger partial charge in [-0.15, -0.1) is 0 Å². The number of amides is 1. The van der Waals surface area contributed by atoms with Crippen molar-refractivity contribution in [1.29, 1.82) is 0 Å². The zero-order chi connectivity index (χ0) is 16.1. The van der Waals surface area contributed by atoms with E-state index in [2.05, 4.69) is 51.2 Å². The Bertz CT molecular complexity index is 472. The highest BCUT2D eigenvalue weighted by molar-refractivity contribution is 5.92. The molecule has 0 aliphatic heterocycles. The van der Waals surface area contributed by atoms with Gasteiger partial charge < -0.3 is 5.32 Å². The lowest BCUT2D eigenvalue weighted by Crippen LogP contribution is -2.20. The molecule has 0 radical (unpaired) electrons. The third-order valence-electron chi connectivity index (χ3n) is 4.84. The van der Waals surface area contributed by atoms with Crippen molar-refractivity contribution in [3.63, 3.8) is 0 Å². The largest absolute Gasteiger partial charge is 0.326 e. The van der Waals surface area contributed by atoms with Gasteiger partial charge in [0.2, 0.25) is 5.91 Å². The summed E-state index contributed by atoms with van der Waals surface area (Å²) in [6.07, 6.45) is 7.04. The molecule has 1 aromatic carbocycles. The maximum absolute atomic E-state index is 12.5. The van der Waals surface area contributed by atoms with Crippen LogP contribution >= 0.6 is 0 Å². The van der Waals surface area contributed by atoms with E-state index in [1.807, 2.05) is 0 Å². The quantitative estimate of drug-likeness (QED) is 0.727. The molecule has 1 saturated carbocycles. The minimum absolute atomic E-state index is 0.196. The molecule has 22 heavy (non-hydrogen) atoms. The summed E-state index contributed by atoms with van der Waals surface area (Å²) in [4.78, 5) is 12.5. The van der Waals surface area contributed by atoms with E-state index in [-0.39, 0.29) is 5.91 Å². The highest BCUT2D eigenvalue weighted by Crippen LogP contribution is 2.33. The number of para-hydroxylation sites is 1. The molecule has 0 unspecified atom stereocenters. The lowest BCUT2D eigenvalue weighted by Gasteiger charge is -2.23. The van der Waals surface area contributed by atoms with Gasteiger partial charge in [0, 0.05) is 12.1 Å². The molecule has 122 valence electrons. The van der Waals surface area contributed by atoms with E-state index in [0.717, 1.165) is 5.69 Å². The average molecular weight is 301 g/mol. The van der Waals surface area contributed by atoms with Crippen LogP contribution in [0.2, 0.25) is 0 Å². The molecule has 1 aliphatic carbocycles. The van der Waals surface area contributed by atoms with E-state index in [1.165, 1.54) is 43.2 Å². The van der Waals surface area contributed by atoms with Gasteiger partial charge in [-0.2, -0.15) is 0 Å². The zero-order valence-corrected chi connectivity index (χ0v) is 14.6. The number of benzene rings is 1. The van der Waals surface area contributed by atoms with Crippen molar-refractivity contribution in [3.05, 3.63) is 29.3 Å². The lowest BCUT2D eigenvalue weighted by atomic mass is 9.86. The second-order valence-corrected chi connectivity index (χ2v) is 7.38. The number of rotatable bonds is 5. The summed E-state index contributed by atoms with van der Waals surface area (Å²) in [7, 11) is 0.